The molecular weight excluding hydrogens is 238 g/mol. The van der Waals surface area contributed by atoms with Crippen molar-refractivity contribution in [1.82, 2.24) is 4.72 Å². The number of hydrogen-bond donors (Lipinski definition) is 1. The van der Waals surface area contributed by atoms with Crippen molar-refractivity contribution in [2.45, 2.75) is 26.8 Å². The van der Waals surface area contributed by atoms with Crippen LogP contribution < -0.4 is 9.46 Å². The van der Waals surface area contributed by atoms with Crippen LogP contribution in [0.25, 0.3) is 0 Å². The lowest BCUT2D eigenvalue weighted by Crippen LogP contribution is -2.25. The molecule has 0 heterocycles. The van der Waals surface area contributed by atoms with Crippen LogP contribution in [-0.2, 0) is 16.6 Å². The number of nitrogens with one attached hydrogen (secondary N) is 1. The Morgan fingerprint density at radius 3 is 2.71 bits per heavy atom. The van der Waals surface area contributed by atoms with E-state index in [1.165, 1.54) is 0 Å². The highest BCUT2D eigenvalue weighted by molar-refractivity contribution is 7.89. The molecule has 0 atom stereocenters. The van der Waals surface area contributed by atoms with E-state index in [1.807, 2.05) is 38.1 Å². The van der Waals surface area contributed by atoms with E-state index < -0.39 is 10.0 Å². The molecule has 0 amide bonds. The van der Waals surface area contributed by atoms with Gasteiger partial charge in [0.05, 0.1) is 12.4 Å². The van der Waals surface area contributed by atoms with E-state index in [2.05, 4.69) is 4.72 Å². The van der Waals surface area contributed by atoms with Crippen molar-refractivity contribution in [3.63, 3.8) is 0 Å². The van der Waals surface area contributed by atoms with Crippen molar-refractivity contribution in [2.24, 2.45) is 0 Å². The minimum atomic E-state index is -3.15. The van der Waals surface area contributed by atoms with Crippen LogP contribution in [0.5, 0.6) is 5.75 Å². The van der Waals surface area contributed by atoms with Crippen molar-refractivity contribution in [1.29, 1.82) is 0 Å². The first-order valence-electron chi connectivity index (χ1n) is 5.76. The van der Waals surface area contributed by atoms with Gasteiger partial charge in [-0.3, -0.25) is 0 Å². The highest BCUT2D eigenvalue weighted by atomic mass is 32.2. The third-order valence-corrected chi connectivity index (χ3v) is 3.71. The molecular formula is C12H19NO3S. The molecule has 5 heteroatoms. The predicted molar refractivity (Wildman–Crippen MR) is 68.5 cm³/mol. The van der Waals surface area contributed by atoms with Crippen LogP contribution in [0.15, 0.2) is 24.3 Å². The highest BCUT2D eigenvalue weighted by Crippen LogP contribution is 2.13. The Labute approximate surface area is 103 Å². The second kappa shape index (κ2) is 6.61. The van der Waals surface area contributed by atoms with E-state index in [1.54, 1.807) is 0 Å². The number of rotatable bonds is 7. The van der Waals surface area contributed by atoms with E-state index in [-0.39, 0.29) is 5.75 Å². The van der Waals surface area contributed by atoms with Gasteiger partial charge in [-0.05, 0) is 31.0 Å². The topological polar surface area (TPSA) is 55.4 Å². The van der Waals surface area contributed by atoms with Gasteiger partial charge in [-0.25, -0.2) is 13.1 Å². The fraction of sp³-hybridized carbons (Fsp3) is 0.500. The molecule has 0 bridgehead atoms. The summed E-state index contributed by atoms with van der Waals surface area (Å²) in [7, 11) is -3.15. The second-order valence-electron chi connectivity index (χ2n) is 3.72. The zero-order valence-electron chi connectivity index (χ0n) is 10.3. The largest absolute Gasteiger partial charge is 0.494 e. The Balaban J connectivity index is 2.60. The fourth-order valence-electron chi connectivity index (χ4n) is 1.45. The molecule has 0 radical (unpaired) electrons. The molecule has 4 nitrogen and oxygen atoms in total. The summed E-state index contributed by atoms with van der Waals surface area (Å²) in [4.78, 5) is 0. The molecule has 0 saturated heterocycles. The quantitative estimate of drug-likeness (QED) is 0.812. The number of sulfonamides is 1. The summed E-state index contributed by atoms with van der Waals surface area (Å²) in [6.45, 7) is 4.67. The zero-order chi connectivity index (χ0) is 12.7. The molecule has 0 aliphatic rings. The van der Waals surface area contributed by atoms with Gasteiger partial charge in [0, 0.05) is 6.54 Å². The first-order valence-corrected chi connectivity index (χ1v) is 7.41. The Kier molecular flexibility index (Phi) is 5.44. The Bertz CT molecular complexity index is 443. The van der Waals surface area contributed by atoms with E-state index in [4.69, 9.17) is 4.74 Å². The van der Waals surface area contributed by atoms with Crippen LogP contribution in [0.4, 0.5) is 0 Å². The van der Waals surface area contributed by atoms with Gasteiger partial charge in [0.1, 0.15) is 5.75 Å². The van der Waals surface area contributed by atoms with E-state index in [0.29, 0.717) is 19.6 Å². The van der Waals surface area contributed by atoms with Crippen molar-refractivity contribution in [2.75, 3.05) is 12.4 Å². The summed E-state index contributed by atoms with van der Waals surface area (Å²) >= 11 is 0. The molecule has 1 aromatic rings. The lowest BCUT2D eigenvalue weighted by Gasteiger charge is -2.07. The van der Waals surface area contributed by atoms with Gasteiger partial charge in [0.15, 0.2) is 0 Å². The number of benzene rings is 1. The summed E-state index contributed by atoms with van der Waals surface area (Å²) < 4.78 is 30.9. The minimum Gasteiger partial charge on any atom is -0.494 e. The first kappa shape index (κ1) is 14.0. The average molecular weight is 257 g/mol. The third-order valence-electron chi connectivity index (χ3n) is 2.18. The maximum atomic E-state index is 11.5. The molecule has 1 rings (SSSR count). The molecule has 0 spiro atoms. The molecule has 0 unspecified atom stereocenters. The third kappa shape index (κ3) is 5.19. The summed E-state index contributed by atoms with van der Waals surface area (Å²) in [6.07, 6.45) is 0.619. The van der Waals surface area contributed by atoms with E-state index >= 15 is 0 Å². The molecule has 0 aromatic heterocycles. The Hall–Kier alpha value is -1.07. The van der Waals surface area contributed by atoms with Crippen LogP contribution in [0.1, 0.15) is 25.8 Å². The van der Waals surface area contributed by atoms with Crippen LogP contribution >= 0.6 is 0 Å². The van der Waals surface area contributed by atoms with Crippen molar-refractivity contribution in [3.05, 3.63) is 29.8 Å². The zero-order valence-corrected chi connectivity index (χ0v) is 11.1. The first-order chi connectivity index (χ1) is 8.07. The molecule has 96 valence electrons. The summed E-state index contributed by atoms with van der Waals surface area (Å²) in [6, 6.07) is 7.43. The normalized spacial score (nSPS) is 11.4. The van der Waals surface area contributed by atoms with Gasteiger partial charge >= 0.3 is 0 Å². The molecule has 0 aliphatic carbocycles. The number of ether oxygens (including phenoxy) is 1. The molecule has 17 heavy (non-hydrogen) atoms. The van der Waals surface area contributed by atoms with Crippen LogP contribution in [0.2, 0.25) is 0 Å². The van der Waals surface area contributed by atoms with Crippen molar-refractivity contribution < 1.29 is 13.2 Å². The van der Waals surface area contributed by atoms with Crippen LogP contribution in [0, 0.1) is 0 Å². The Morgan fingerprint density at radius 1 is 1.29 bits per heavy atom. The highest BCUT2D eigenvalue weighted by Gasteiger charge is 2.07. The van der Waals surface area contributed by atoms with Gasteiger partial charge in [-0.15, -0.1) is 0 Å². The van der Waals surface area contributed by atoms with Crippen LogP contribution in [-0.4, -0.2) is 20.8 Å². The van der Waals surface area contributed by atoms with Gasteiger partial charge in [0.25, 0.3) is 0 Å². The minimum absolute atomic E-state index is 0.165. The molecule has 1 aromatic carbocycles. The van der Waals surface area contributed by atoms with Gasteiger partial charge in [0.2, 0.25) is 10.0 Å². The lowest BCUT2D eigenvalue weighted by atomic mass is 10.2. The summed E-state index contributed by atoms with van der Waals surface area (Å²) in [5.41, 5.74) is 0.899. The average Bonchev–Trinajstić information content (AvgIpc) is 2.28. The summed E-state index contributed by atoms with van der Waals surface area (Å²) in [5.74, 6) is 0.928. The van der Waals surface area contributed by atoms with Gasteiger partial charge < -0.3 is 4.74 Å². The second-order valence-corrected chi connectivity index (χ2v) is 5.65. The van der Waals surface area contributed by atoms with E-state index in [0.717, 1.165) is 11.3 Å². The maximum absolute atomic E-state index is 11.5. The maximum Gasteiger partial charge on any atom is 0.211 e. The van der Waals surface area contributed by atoms with Gasteiger partial charge in [-0.1, -0.05) is 19.1 Å². The van der Waals surface area contributed by atoms with Crippen LogP contribution in [0.3, 0.4) is 0 Å². The lowest BCUT2D eigenvalue weighted by molar-refractivity contribution is 0.340. The molecule has 0 saturated carbocycles. The number of hydrogen-bond acceptors (Lipinski definition) is 3. The summed E-state index contributed by atoms with van der Waals surface area (Å²) in [5, 5.41) is 0. The molecule has 1 N–H and O–H groups in total. The van der Waals surface area contributed by atoms with Crippen molar-refractivity contribution >= 4 is 10.0 Å². The molecule has 0 fully saturated rings. The van der Waals surface area contributed by atoms with Gasteiger partial charge in [-0.2, -0.15) is 0 Å². The van der Waals surface area contributed by atoms with Crippen molar-refractivity contribution in [3.8, 4) is 5.75 Å². The van der Waals surface area contributed by atoms with E-state index in [9.17, 15) is 8.42 Å². The smallest absolute Gasteiger partial charge is 0.211 e. The molecule has 0 aliphatic heterocycles. The fourth-order valence-corrected chi connectivity index (χ4v) is 2.51. The predicted octanol–water partition coefficient (Wildman–Crippen LogP) is 1.91. The Morgan fingerprint density at radius 2 is 2.06 bits per heavy atom. The monoisotopic (exact) mass is 257 g/mol. The standard InChI is InChI=1S/C12H19NO3S/c1-3-8-17(14,15)13-10-11-6-5-7-12(9-11)16-4-2/h5-7,9,13H,3-4,8,10H2,1-2H3. The SMILES string of the molecule is CCCS(=O)(=O)NCc1cccc(OCC)c1.